The predicted octanol–water partition coefficient (Wildman–Crippen LogP) is 2.63. The minimum Gasteiger partial charge on any atom is -0.443 e. The summed E-state index contributed by atoms with van der Waals surface area (Å²) in [4.78, 5) is 14.2. The molecule has 0 aliphatic carbocycles. The largest absolute Gasteiger partial charge is 0.443 e. The van der Waals surface area contributed by atoms with Crippen molar-refractivity contribution in [3.05, 3.63) is 21.0 Å². The number of carbonyl (C=O) groups is 1. The van der Waals surface area contributed by atoms with Crippen molar-refractivity contribution in [2.75, 3.05) is 19.6 Å². The summed E-state index contributed by atoms with van der Waals surface area (Å²) < 4.78 is 6.71. The highest BCUT2D eigenvalue weighted by Crippen LogP contribution is 2.28. The van der Waals surface area contributed by atoms with Gasteiger partial charge in [0.1, 0.15) is 0 Å². The molecule has 1 aromatic rings. The molecule has 17 heavy (non-hydrogen) atoms. The summed E-state index contributed by atoms with van der Waals surface area (Å²) >= 11 is 6.56. The van der Waals surface area contributed by atoms with Gasteiger partial charge >= 0.3 is 0 Å². The first-order chi connectivity index (χ1) is 8.13. The molecule has 1 fully saturated rings. The number of nitrogens with zero attached hydrogens (tertiary/aromatic N) is 1. The van der Waals surface area contributed by atoms with Crippen LogP contribution in [0.1, 0.15) is 23.9 Å². The van der Waals surface area contributed by atoms with Crippen molar-refractivity contribution in [3.63, 3.8) is 0 Å². The molecule has 0 saturated carbocycles. The number of furan rings is 1. The summed E-state index contributed by atoms with van der Waals surface area (Å²) in [5.41, 5.74) is 0. The number of nitrogens with one attached hydrogen (secondary N) is 1. The summed E-state index contributed by atoms with van der Waals surface area (Å²) in [5.74, 6) is 0.342. The van der Waals surface area contributed by atoms with Gasteiger partial charge in [0.05, 0.1) is 4.47 Å². The Kier molecular flexibility index (Phi) is 4.27. The maximum atomic E-state index is 12.3. The molecule has 6 heteroatoms. The average molecular weight is 366 g/mol. The lowest BCUT2D eigenvalue weighted by Crippen LogP contribution is -2.53. The maximum absolute atomic E-state index is 12.3. The number of hydrogen-bond acceptors (Lipinski definition) is 3. The predicted molar refractivity (Wildman–Crippen MR) is 72.1 cm³/mol. The molecular formula is C11H14Br2N2O2. The lowest BCUT2D eigenvalue weighted by atomic mass is 10.1. The molecule has 1 atom stereocenters. The van der Waals surface area contributed by atoms with Crippen molar-refractivity contribution in [1.82, 2.24) is 10.2 Å². The standard InChI is InChI=1S/C11H14Br2N2O2/c1-2-7-6-14-3-4-15(7)11(16)9-5-8(12)10(13)17-9/h5,7,14H,2-4,6H2,1H3/t7-/m1/s1. The second-order valence-electron chi connectivity index (χ2n) is 4.00. The van der Waals surface area contributed by atoms with E-state index in [-0.39, 0.29) is 11.9 Å². The molecule has 0 bridgehead atoms. The Labute approximate surface area is 117 Å². The molecule has 4 nitrogen and oxygen atoms in total. The SMILES string of the molecule is CC[C@@H]1CNCCN1C(=O)c1cc(Br)c(Br)o1. The van der Waals surface area contributed by atoms with Crippen molar-refractivity contribution in [2.45, 2.75) is 19.4 Å². The quantitative estimate of drug-likeness (QED) is 0.876. The van der Waals surface area contributed by atoms with Gasteiger partial charge in [0.2, 0.25) is 0 Å². The Morgan fingerprint density at radius 1 is 1.65 bits per heavy atom. The van der Waals surface area contributed by atoms with Gasteiger partial charge in [-0.3, -0.25) is 4.79 Å². The van der Waals surface area contributed by atoms with Crippen LogP contribution in [0, 0.1) is 0 Å². The van der Waals surface area contributed by atoms with Gasteiger partial charge in [0, 0.05) is 31.7 Å². The van der Waals surface area contributed by atoms with E-state index in [0.29, 0.717) is 10.4 Å². The minimum absolute atomic E-state index is 0.0373. The van der Waals surface area contributed by atoms with Crippen LogP contribution in [0.3, 0.4) is 0 Å². The first kappa shape index (κ1) is 13.1. The third-order valence-electron chi connectivity index (χ3n) is 2.94. The van der Waals surface area contributed by atoms with Gasteiger partial charge < -0.3 is 14.6 Å². The van der Waals surface area contributed by atoms with Gasteiger partial charge in [-0.25, -0.2) is 0 Å². The van der Waals surface area contributed by atoms with Crippen molar-refractivity contribution in [1.29, 1.82) is 0 Å². The summed E-state index contributed by atoms with van der Waals surface area (Å²) in [6.45, 7) is 4.51. The van der Waals surface area contributed by atoms with E-state index in [2.05, 4.69) is 44.1 Å². The summed E-state index contributed by atoms with van der Waals surface area (Å²) in [6, 6.07) is 1.96. The monoisotopic (exact) mass is 364 g/mol. The highest BCUT2D eigenvalue weighted by atomic mass is 79.9. The van der Waals surface area contributed by atoms with Crippen LogP contribution >= 0.6 is 31.9 Å². The molecule has 1 aliphatic rings. The van der Waals surface area contributed by atoms with Crippen molar-refractivity contribution in [3.8, 4) is 0 Å². The molecule has 0 unspecified atom stereocenters. The van der Waals surface area contributed by atoms with E-state index in [1.54, 1.807) is 6.07 Å². The first-order valence-electron chi connectivity index (χ1n) is 5.60. The average Bonchev–Trinajstić information content (AvgIpc) is 2.68. The smallest absolute Gasteiger partial charge is 0.289 e. The van der Waals surface area contributed by atoms with E-state index in [1.807, 2.05) is 4.90 Å². The van der Waals surface area contributed by atoms with Crippen molar-refractivity contribution < 1.29 is 9.21 Å². The lowest BCUT2D eigenvalue weighted by molar-refractivity contribution is 0.0597. The zero-order chi connectivity index (χ0) is 12.4. The van der Waals surface area contributed by atoms with Gasteiger partial charge in [-0.1, -0.05) is 6.92 Å². The van der Waals surface area contributed by atoms with E-state index >= 15 is 0 Å². The molecule has 2 heterocycles. The van der Waals surface area contributed by atoms with Crippen LogP contribution in [0.25, 0.3) is 0 Å². The van der Waals surface area contributed by atoms with E-state index in [4.69, 9.17) is 4.42 Å². The van der Waals surface area contributed by atoms with Gasteiger partial charge in [-0.2, -0.15) is 0 Å². The zero-order valence-electron chi connectivity index (χ0n) is 9.50. The van der Waals surface area contributed by atoms with Crippen LogP contribution in [-0.2, 0) is 0 Å². The molecular weight excluding hydrogens is 352 g/mol. The van der Waals surface area contributed by atoms with Crippen LogP contribution in [-0.4, -0.2) is 36.5 Å². The number of amides is 1. The normalized spacial score (nSPS) is 20.6. The fourth-order valence-electron chi connectivity index (χ4n) is 1.99. The molecule has 1 saturated heterocycles. The topological polar surface area (TPSA) is 45.5 Å². The van der Waals surface area contributed by atoms with Gasteiger partial charge in [-0.05, 0) is 38.3 Å². The Morgan fingerprint density at radius 2 is 2.41 bits per heavy atom. The molecule has 1 aromatic heterocycles. The van der Waals surface area contributed by atoms with Gasteiger partial charge in [0.25, 0.3) is 5.91 Å². The molecule has 0 spiro atoms. The molecule has 0 aromatic carbocycles. The van der Waals surface area contributed by atoms with E-state index in [9.17, 15) is 4.79 Å². The summed E-state index contributed by atoms with van der Waals surface area (Å²) in [5, 5.41) is 3.30. The number of hydrogen-bond donors (Lipinski definition) is 1. The number of carbonyl (C=O) groups excluding carboxylic acids is 1. The van der Waals surface area contributed by atoms with Crippen LogP contribution < -0.4 is 5.32 Å². The van der Waals surface area contributed by atoms with Gasteiger partial charge in [0.15, 0.2) is 10.4 Å². The van der Waals surface area contributed by atoms with E-state index in [1.165, 1.54) is 0 Å². The highest BCUT2D eigenvalue weighted by Gasteiger charge is 2.28. The van der Waals surface area contributed by atoms with Crippen LogP contribution in [0.5, 0.6) is 0 Å². The second kappa shape index (κ2) is 5.54. The molecule has 1 N–H and O–H groups in total. The third-order valence-corrected chi connectivity index (χ3v) is 4.65. The van der Waals surface area contributed by atoms with Crippen LogP contribution in [0.15, 0.2) is 19.6 Å². The Morgan fingerprint density at radius 3 is 3.00 bits per heavy atom. The van der Waals surface area contributed by atoms with Crippen molar-refractivity contribution >= 4 is 37.8 Å². The molecule has 0 radical (unpaired) electrons. The third kappa shape index (κ3) is 2.74. The van der Waals surface area contributed by atoms with Gasteiger partial charge in [-0.15, -0.1) is 0 Å². The highest BCUT2D eigenvalue weighted by molar-refractivity contribution is 9.13. The minimum atomic E-state index is -0.0373. The molecule has 1 aliphatic heterocycles. The lowest BCUT2D eigenvalue weighted by Gasteiger charge is -2.35. The van der Waals surface area contributed by atoms with Crippen molar-refractivity contribution in [2.24, 2.45) is 0 Å². The fraction of sp³-hybridized carbons (Fsp3) is 0.545. The second-order valence-corrected chi connectivity index (χ2v) is 5.57. The Balaban J connectivity index is 2.18. The fourth-order valence-corrected chi connectivity index (χ4v) is 2.56. The van der Waals surface area contributed by atoms with Crippen LogP contribution in [0.4, 0.5) is 0 Å². The number of rotatable bonds is 2. The summed E-state index contributed by atoms with van der Waals surface area (Å²) in [6.07, 6.45) is 0.946. The summed E-state index contributed by atoms with van der Waals surface area (Å²) in [7, 11) is 0. The van der Waals surface area contributed by atoms with E-state index in [0.717, 1.165) is 30.5 Å². The van der Waals surface area contributed by atoms with Crippen LogP contribution in [0.2, 0.25) is 0 Å². The number of piperazine rings is 1. The Bertz CT molecular complexity index is 400. The number of halogens is 2. The molecule has 2 rings (SSSR count). The van der Waals surface area contributed by atoms with E-state index < -0.39 is 0 Å². The first-order valence-corrected chi connectivity index (χ1v) is 7.18. The zero-order valence-corrected chi connectivity index (χ0v) is 12.7. The molecule has 1 amide bonds. The molecule has 94 valence electrons. The Hall–Kier alpha value is -0.330. The maximum Gasteiger partial charge on any atom is 0.289 e.